The maximum Gasteiger partial charge on any atom is 0.351 e. The SMILES string of the molecule is CCCCC(CCCC)n1cc(C)c(OCCOC)nc1=O. The van der Waals surface area contributed by atoms with Crippen molar-refractivity contribution in [3.8, 4) is 5.88 Å². The Kier molecular flexibility index (Phi) is 8.82. The number of aromatic nitrogens is 2. The lowest BCUT2D eigenvalue weighted by Crippen LogP contribution is -2.28. The Hall–Kier alpha value is -1.36. The molecular weight excluding hydrogens is 280 g/mol. The molecule has 0 atom stereocenters. The van der Waals surface area contributed by atoms with Crippen LogP contribution in [-0.4, -0.2) is 29.9 Å². The van der Waals surface area contributed by atoms with Gasteiger partial charge in [0.1, 0.15) is 6.61 Å². The molecule has 0 spiro atoms. The van der Waals surface area contributed by atoms with Crippen LogP contribution < -0.4 is 10.4 Å². The van der Waals surface area contributed by atoms with Crippen LogP contribution in [0.25, 0.3) is 0 Å². The Morgan fingerprint density at radius 1 is 1.18 bits per heavy atom. The van der Waals surface area contributed by atoms with E-state index in [0.717, 1.165) is 44.1 Å². The van der Waals surface area contributed by atoms with Gasteiger partial charge >= 0.3 is 5.69 Å². The van der Waals surface area contributed by atoms with Gasteiger partial charge in [0.15, 0.2) is 0 Å². The molecule has 0 saturated heterocycles. The monoisotopic (exact) mass is 310 g/mol. The minimum atomic E-state index is -0.213. The Labute approximate surface area is 133 Å². The molecule has 1 rings (SSSR count). The largest absolute Gasteiger partial charge is 0.475 e. The zero-order valence-electron chi connectivity index (χ0n) is 14.4. The van der Waals surface area contributed by atoms with Gasteiger partial charge in [0.05, 0.1) is 6.61 Å². The molecule has 0 N–H and O–H groups in total. The van der Waals surface area contributed by atoms with Gasteiger partial charge in [-0.05, 0) is 19.8 Å². The molecule has 0 fully saturated rings. The molecular formula is C17H30N2O3. The fourth-order valence-corrected chi connectivity index (χ4v) is 2.48. The molecule has 22 heavy (non-hydrogen) atoms. The van der Waals surface area contributed by atoms with Crippen LogP contribution in [0.1, 0.15) is 64.0 Å². The fourth-order valence-electron chi connectivity index (χ4n) is 2.48. The van der Waals surface area contributed by atoms with Gasteiger partial charge in [-0.3, -0.25) is 4.57 Å². The highest BCUT2D eigenvalue weighted by molar-refractivity contribution is 5.20. The predicted molar refractivity (Wildman–Crippen MR) is 88.7 cm³/mol. The van der Waals surface area contributed by atoms with Crippen LogP contribution >= 0.6 is 0 Å². The van der Waals surface area contributed by atoms with Gasteiger partial charge in [0, 0.05) is 24.9 Å². The van der Waals surface area contributed by atoms with E-state index in [-0.39, 0.29) is 11.7 Å². The summed E-state index contributed by atoms with van der Waals surface area (Å²) in [4.78, 5) is 16.4. The van der Waals surface area contributed by atoms with Crippen molar-refractivity contribution in [3.05, 3.63) is 22.2 Å². The van der Waals surface area contributed by atoms with Gasteiger partial charge in [-0.2, -0.15) is 4.98 Å². The van der Waals surface area contributed by atoms with E-state index in [9.17, 15) is 4.79 Å². The summed E-state index contributed by atoms with van der Waals surface area (Å²) in [6, 6.07) is 0.242. The van der Waals surface area contributed by atoms with Gasteiger partial charge in [0.2, 0.25) is 5.88 Å². The second-order valence-corrected chi connectivity index (χ2v) is 5.70. The van der Waals surface area contributed by atoms with Crippen molar-refractivity contribution in [1.29, 1.82) is 0 Å². The molecule has 0 unspecified atom stereocenters. The first-order valence-electron chi connectivity index (χ1n) is 8.35. The summed E-state index contributed by atoms with van der Waals surface area (Å²) in [5.74, 6) is 0.419. The summed E-state index contributed by atoms with van der Waals surface area (Å²) in [5, 5.41) is 0. The lowest BCUT2D eigenvalue weighted by molar-refractivity contribution is 0.142. The summed E-state index contributed by atoms with van der Waals surface area (Å²) in [6.07, 6.45) is 8.50. The summed E-state index contributed by atoms with van der Waals surface area (Å²) in [6.45, 7) is 7.18. The maximum absolute atomic E-state index is 12.3. The van der Waals surface area contributed by atoms with Crippen LogP contribution in [-0.2, 0) is 4.74 Å². The molecule has 1 aromatic rings. The average molecular weight is 310 g/mol. The Balaban J connectivity index is 2.91. The minimum absolute atomic E-state index is 0.213. The van der Waals surface area contributed by atoms with Crippen LogP contribution in [0.15, 0.2) is 11.0 Å². The zero-order valence-corrected chi connectivity index (χ0v) is 14.4. The Bertz CT molecular complexity index is 477. The van der Waals surface area contributed by atoms with E-state index in [4.69, 9.17) is 9.47 Å². The summed E-state index contributed by atoms with van der Waals surface area (Å²) >= 11 is 0. The highest BCUT2D eigenvalue weighted by Crippen LogP contribution is 2.22. The highest BCUT2D eigenvalue weighted by atomic mass is 16.5. The quantitative estimate of drug-likeness (QED) is 0.587. The van der Waals surface area contributed by atoms with Crippen molar-refractivity contribution in [3.63, 3.8) is 0 Å². The molecule has 0 bridgehead atoms. The van der Waals surface area contributed by atoms with Crippen molar-refractivity contribution in [1.82, 2.24) is 9.55 Å². The predicted octanol–water partition coefficient (Wildman–Crippen LogP) is 3.50. The smallest absolute Gasteiger partial charge is 0.351 e. The number of nitrogens with zero attached hydrogens (tertiary/aromatic N) is 2. The van der Waals surface area contributed by atoms with Crippen LogP contribution in [0.4, 0.5) is 0 Å². The van der Waals surface area contributed by atoms with Crippen molar-refractivity contribution >= 4 is 0 Å². The van der Waals surface area contributed by atoms with Crippen molar-refractivity contribution < 1.29 is 9.47 Å². The molecule has 0 amide bonds. The zero-order chi connectivity index (χ0) is 16.4. The van der Waals surface area contributed by atoms with Gasteiger partial charge in [-0.25, -0.2) is 4.79 Å². The van der Waals surface area contributed by atoms with Crippen LogP contribution in [0.5, 0.6) is 5.88 Å². The van der Waals surface area contributed by atoms with E-state index in [2.05, 4.69) is 18.8 Å². The number of rotatable bonds is 11. The molecule has 0 aromatic carbocycles. The molecule has 126 valence electrons. The number of unbranched alkanes of at least 4 members (excludes halogenated alkanes) is 2. The molecule has 0 aliphatic heterocycles. The molecule has 0 aliphatic carbocycles. The average Bonchev–Trinajstić information content (AvgIpc) is 2.51. The van der Waals surface area contributed by atoms with E-state index in [1.807, 2.05) is 13.1 Å². The summed E-state index contributed by atoms with van der Waals surface area (Å²) < 4.78 is 12.2. The van der Waals surface area contributed by atoms with Crippen molar-refractivity contribution in [2.75, 3.05) is 20.3 Å². The summed E-state index contributed by atoms with van der Waals surface area (Å²) in [7, 11) is 1.62. The topological polar surface area (TPSA) is 53.4 Å². The third kappa shape index (κ3) is 5.79. The van der Waals surface area contributed by atoms with E-state index in [1.54, 1.807) is 11.7 Å². The highest BCUT2D eigenvalue weighted by Gasteiger charge is 2.15. The van der Waals surface area contributed by atoms with Crippen molar-refractivity contribution in [2.24, 2.45) is 0 Å². The number of ether oxygens (including phenoxy) is 2. The first kappa shape index (κ1) is 18.7. The van der Waals surface area contributed by atoms with Gasteiger partial charge in [-0.15, -0.1) is 0 Å². The van der Waals surface area contributed by atoms with E-state index < -0.39 is 0 Å². The number of hydrogen-bond donors (Lipinski definition) is 0. The second-order valence-electron chi connectivity index (χ2n) is 5.70. The first-order valence-corrected chi connectivity index (χ1v) is 8.35. The van der Waals surface area contributed by atoms with Gasteiger partial charge < -0.3 is 9.47 Å². The maximum atomic E-state index is 12.3. The van der Waals surface area contributed by atoms with E-state index >= 15 is 0 Å². The molecule has 0 aliphatic rings. The third-order valence-electron chi connectivity index (χ3n) is 3.79. The normalized spacial score (nSPS) is 11.1. The summed E-state index contributed by atoms with van der Waals surface area (Å²) in [5.41, 5.74) is 0.684. The third-order valence-corrected chi connectivity index (χ3v) is 3.79. The number of methoxy groups -OCH3 is 1. The number of aryl methyl sites for hydroxylation is 1. The van der Waals surface area contributed by atoms with Crippen molar-refractivity contribution in [2.45, 2.75) is 65.3 Å². The van der Waals surface area contributed by atoms with Crippen LogP contribution in [0.2, 0.25) is 0 Å². The van der Waals surface area contributed by atoms with Crippen LogP contribution in [0.3, 0.4) is 0 Å². The fraction of sp³-hybridized carbons (Fsp3) is 0.765. The molecule has 1 aromatic heterocycles. The standard InChI is InChI=1S/C17H30N2O3/c1-5-7-9-15(10-8-6-2)19-13-14(3)16(18-17(19)20)22-12-11-21-4/h13,15H,5-12H2,1-4H3. The molecule has 0 radical (unpaired) electrons. The lowest BCUT2D eigenvalue weighted by atomic mass is 10.0. The number of hydrogen-bond acceptors (Lipinski definition) is 4. The van der Waals surface area contributed by atoms with Gasteiger partial charge in [0.25, 0.3) is 0 Å². The molecule has 5 heteroatoms. The van der Waals surface area contributed by atoms with E-state index in [1.165, 1.54) is 0 Å². The second kappa shape index (κ2) is 10.4. The molecule has 0 saturated carbocycles. The Morgan fingerprint density at radius 2 is 1.82 bits per heavy atom. The minimum Gasteiger partial charge on any atom is -0.475 e. The first-order chi connectivity index (χ1) is 10.6. The van der Waals surface area contributed by atoms with Crippen LogP contribution in [0, 0.1) is 6.92 Å². The Morgan fingerprint density at radius 3 is 2.36 bits per heavy atom. The lowest BCUT2D eigenvalue weighted by Gasteiger charge is -2.20. The van der Waals surface area contributed by atoms with Gasteiger partial charge in [-0.1, -0.05) is 39.5 Å². The van der Waals surface area contributed by atoms with E-state index in [0.29, 0.717) is 19.1 Å². The molecule has 5 nitrogen and oxygen atoms in total. The molecule has 1 heterocycles.